The van der Waals surface area contributed by atoms with E-state index in [-0.39, 0.29) is 16.4 Å². The molecule has 6 heteroatoms. The van der Waals surface area contributed by atoms with E-state index in [0.717, 1.165) is 6.07 Å². The Morgan fingerprint density at radius 2 is 1.79 bits per heavy atom. The third kappa shape index (κ3) is 3.03. The fraction of sp³-hybridized carbons (Fsp3) is 0.0769. The minimum absolute atomic E-state index is 0.0918. The molecule has 0 N–H and O–H groups in total. The van der Waals surface area contributed by atoms with Gasteiger partial charge in [-0.25, -0.2) is 4.39 Å². The Hall–Kier alpha value is -2.08. The zero-order valence-electron chi connectivity index (χ0n) is 10.0. The van der Waals surface area contributed by atoms with Gasteiger partial charge < -0.3 is 8.92 Å². The van der Waals surface area contributed by atoms with E-state index in [1.165, 1.54) is 37.4 Å². The first-order valence-electron chi connectivity index (χ1n) is 5.36. The molecule has 2 rings (SSSR count). The van der Waals surface area contributed by atoms with Crippen LogP contribution in [0.15, 0.2) is 53.4 Å². The number of para-hydroxylation sites is 1. The van der Waals surface area contributed by atoms with E-state index in [1.54, 1.807) is 12.1 Å². The minimum Gasteiger partial charge on any atom is -0.495 e. The molecule has 4 nitrogen and oxygen atoms in total. The fourth-order valence-electron chi connectivity index (χ4n) is 1.52. The highest BCUT2D eigenvalue weighted by Crippen LogP contribution is 2.26. The first-order valence-corrected chi connectivity index (χ1v) is 6.77. The van der Waals surface area contributed by atoms with Gasteiger partial charge in [0.25, 0.3) is 0 Å². The van der Waals surface area contributed by atoms with Crippen molar-refractivity contribution < 1.29 is 21.7 Å². The van der Waals surface area contributed by atoms with E-state index in [9.17, 15) is 12.8 Å². The van der Waals surface area contributed by atoms with Gasteiger partial charge in [-0.1, -0.05) is 18.2 Å². The molecule has 0 bridgehead atoms. The Morgan fingerprint density at radius 3 is 2.47 bits per heavy atom. The van der Waals surface area contributed by atoms with Crippen LogP contribution in [-0.2, 0) is 10.1 Å². The maximum absolute atomic E-state index is 13.0. The number of ether oxygens (including phenoxy) is 1. The van der Waals surface area contributed by atoms with Gasteiger partial charge in [-0.3, -0.25) is 0 Å². The van der Waals surface area contributed by atoms with Crippen molar-refractivity contribution in [1.82, 2.24) is 0 Å². The molecule has 0 aliphatic heterocycles. The average Bonchev–Trinajstić information content (AvgIpc) is 2.38. The monoisotopic (exact) mass is 282 g/mol. The van der Waals surface area contributed by atoms with Gasteiger partial charge in [0.05, 0.1) is 7.11 Å². The number of hydrogen-bond donors (Lipinski definition) is 0. The molecular weight excluding hydrogens is 271 g/mol. The fourth-order valence-corrected chi connectivity index (χ4v) is 2.61. The van der Waals surface area contributed by atoms with E-state index in [1.807, 2.05) is 0 Å². The maximum atomic E-state index is 13.0. The van der Waals surface area contributed by atoms with Crippen molar-refractivity contribution in [3.8, 4) is 11.5 Å². The van der Waals surface area contributed by atoms with Crippen molar-refractivity contribution in [3.63, 3.8) is 0 Å². The van der Waals surface area contributed by atoms with Crippen molar-refractivity contribution in [2.45, 2.75) is 4.90 Å². The third-order valence-corrected chi connectivity index (χ3v) is 3.63. The summed E-state index contributed by atoms with van der Waals surface area (Å²) in [7, 11) is -2.71. The molecule has 0 aromatic heterocycles. The quantitative estimate of drug-likeness (QED) is 0.809. The second-order valence-electron chi connectivity index (χ2n) is 3.65. The van der Waals surface area contributed by atoms with Crippen molar-refractivity contribution in [2.75, 3.05) is 7.11 Å². The average molecular weight is 282 g/mol. The molecule has 0 saturated heterocycles. The van der Waals surface area contributed by atoms with E-state index in [0.29, 0.717) is 0 Å². The summed E-state index contributed by atoms with van der Waals surface area (Å²) in [6.45, 7) is 0. The van der Waals surface area contributed by atoms with Gasteiger partial charge in [-0.15, -0.1) is 0 Å². The van der Waals surface area contributed by atoms with Crippen LogP contribution in [0, 0.1) is 5.82 Å². The van der Waals surface area contributed by atoms with Crippen molar-refractivity contribution in [1.29, 1.82) is 0 Å². The van der Waals surface area contributed by atoms with E-state index < -0.39 is 15.9 Å². The zero-order valence-corrected chi connectivity index (χ0v) is 10.9. The van der Waals surface area contributed by atoms with Crippen LogP contribution < -0.4 is 8.92 Å². The molecule has 100 valence electrons. The molecule has 0 aliphatic rings. The zero-order chi connectivity index (χ0) is 13.9. The van der Waals surface area contributed by atoms with Crippen LogP contribution in [-0.4, -0.2) is 15.5 Å². The highest BCUT2D eigenvalue weighted by Gasteiger charge is 2.21. The van der Waals surface area contributed by atoms with Gasteiger partial charge in [0.1, 0.15) is 22.2 Å². The molecule has 0 atom stereocenters. The summed E-state index contributed by atoms with van der Waals surface area (Å²) in [5, 5.41) is 0. The predicted molar refractivity (Wildman–Crippen MR) is 67.2 cm³/mol. The standard InChI is InChI=1S/C13H11FO4S/c1-17-12-7-2-3-8-13(12)19(15,16)18-11-6-4-5-10(14)9-11/h2-9H,1H3. The molecule has 0 aliphatic carbocycles. The van der Waals surface area contributed by atoms with Gasteiger partial charge in [0.15, 0.2) is 0 Å². The van der Waals surface area contributed by atoms with Crippen LogP contribution >= 0.6 is 0 Å². The van der Waals surface area contributed by atoms with Crippen molar-refractivity contribution in [3.05, 3.63) is 54.3 Å². The molecule has 0 saturated carbocycles. The van der Waals surface area contributed by atoms with Crippen LogP contribution in [0.3, 0.4) is 0 Å². The Balaban J connectivity index is 2.38. The van der Waals surface area contributed by atoms with Gasteiger partial charge in [-0.05, 0) is 24.3 Å². The molecule has 2 aromatic rings. The van der Waals surface area contributed by atoms with Crippen LogP contribution in [0.25, 0.3) is 0 Å². The number of rotatable bonds is 4. The molecule has 0 fully saturated rings. The largest absolute Gasteiger partial charge is 0.495 e. The number of benzene rings is 2. The molecule has 2 aromatic carbocycles. The highest BCUT2D eigenvalue weighted by molar-refractivity contribution is 7.87. The van der Waals surface area contributed by atoms with Gasteiger partial charge in [0, 0.05) is 6.07 Å². The maximum Gasteiger partial charge on any atom is 0.342 e. The summed E-state index contributed by atoms with van der Waals surface area (Å²) in [5.74, 6) is -0.502. The molecule has 0 unspecified atom stereocenters. The molecule has 0 radical (unpaired) electrons. The lowest BCUT2D eigenvalue weighted by Crippen LogP contribution is -2.11. The Morgan fingerprint density at radius 1 is 1.05 bits per heavy atom. The summed E-state index contributed by atoms with van der Waals surface area (Å²) in [4.78, 5) is -0.109. The van der Waals surface area contributed by atoms with Gasteiger partial charge in [0.2, 0.25) is 0 Å². The number of methoxy groups -OCH3 is 1. The van der Waals surface area contributed by atoms with E-state index >= 15 is 0 Å². The first kappa shape index (κ1) is 13.4. The number of halogens is 1. The normalized spacial score (nSPS) is 11.1. The molecule has 19 heavy (non-hydrogen) atoms. The topological polar surface area (TPSA) is 52.6 Å². The predicted octanol–water partition coefficient (Wildman–Crippen LogP) is 2.60. The molecule has 0 spiro atoms. The SMILES string of the molecule is COc1ccccc1S(=O)(=O)Oc1cccc(F)c1. The minimum atomic E-state index is -4.06. The summed E-state index contributed by atoms with van der Waals surface area (Å²) in [5.41, 5.74) is 0. The van der Waals surface area contributed by atoms with Crippen molar-refractivity contribution in [2.24, 2.45) is 0 Å². The lowest BCUT2D eigenvalue weighted by molar-refractivity contribution is 0.398. The highest BCUT2D eigenvalue weighted by atomic mass is 32.2. The second-order valence-corrected chi connectivity index (χ2v) is 5.16. The smallest absolute Gasteiger partial charge is 0.342 e. The Labute approximate surface area is 110 Å². The molecular formula is C13H11FO4S. The van der Waals surface area contributed by atoms with Crippen molar-refractivity contribution >= 4 is 10.1 Å². The second kappa shape index (κ2) is 5.27. The van der Waals surface area contributed by atoms with Gasteiger partial charge in [-0.2, -0.15) is 8.42 Å². The Kier molecular flexibility index (Phi) is 3.71. The lowest BCUT2D eigenvalue weighted by atomic mass is 10.3. The summed E-state index contributed by atoms with van der Waals surface area (Å²) in [6, 6.07) is 11.0. The molecule has 0 amide bonds. The first-order chi connectivity index (χ1) is 9.03. The summed E-state index contributed by atoms with van der Waals surface area (Å²) >= 11 is 0. The summed E-state index contributed by atoms with van der Waals surface area (Å²) in [6.07, 6.45) is 0. The lowest BCUT2D eigenvalue weighted by Gasteiger charge is -2.10. The van der Waals surface area contributed by atoms with E-state index in [2.05, 4.69) is 0 Å². The van der Waals surface area contributed by atoms with Gasteiger partial charge >= 0.3 is 10.1 Å². The van der Waals surface area contributed by atoms with E-state index in [4.69, 9.17) is 8.92 Å². The Bertz CT molecular complexity index is 683. The van der Waals surface area contributed by atoms with Crippen LogP contribution in [0.4, 0.5) is 4.39 Å². The molecule has 0 heterocycles. The summed E-state index contributed by atoms with van der Waals surface area (Å²) < 4.78 is 46.9. The van der Waals surface area contributed by atoms with Crippen LogP contribution in [0.1, 0.15) is 0 Å². The number of hydrogen-bond acceptors (Lipinski definition) is 4. The van der Waals surface area contributed by atoms with Crippen LogP contribution in [0.5, 0.6) is 11.5 Å². The third-order valence-electron chi connectivity index (χ3n) is 2.34. The van der Waals surface area contributed by atoms with Crippen LogP contribution in [0.2, 0.25) is 0 Å².